The highest BCUT2D eigenvalue weighted by Gasteiger charge is 2.28. The van der Waals surface area contributed by atoms with Crippen molar-refractivity contribution in [1.29, 1.82) is 0 Å². The minimum Gasteiger partial charge on any atom is -0.496 e. The summed E-state index contributed by atoms with van der Waals surface area (Å²) in [5.74, 6) is -0.0869. The molecule has 0 saturated heterocycles. The molecular weight excluding hydrogens is 325 g/mol. The van der Waals surface area contributed by atoms with Crippen molar-refractivity contribution in [3.05, 3.63) is 54.1 Å². The molecule has 0 bridgehead atoms. The van der Waals surface area contributed by atoms with Crippen LogP contribution >= 0.6 is 0 Å². The van der Waals surface area contributed by atoms with Crippen molar-refractivity contribution in [2.75, 3.05) is 7.11 Å². The average molecular weight is 340 g/mol. The Kier molecular flexibility index (Phi) is 5.62. The van der Waals surface area contributed by atoms with Gasteiger partial charge < -0.3 is 14.0 Å². The Bertz CT molecular complexity index is 723. The number of alkyl halides is 3. The van der Waals surface area contributed by atoms with Gasteiger partial charge in [-0.25, -0.2) is 9.78 Å². The third-order valence-corrected chi connectivity index (χ3v) is 3.03. The van der Waals surface area contributed by atoms with Crippen molar-refractivity contribution in [3.63, 3.8) is 0 Å². The number of carbonyl (C=O) groups is 1. The molecular formula is C16H15F3N2O3. The number of ether oxygens (including phenoxy) is 2. The van der Waals surface area contributed by atoms with E-state index >= 15 is 0 Å². The van der Waals surface area contributed by atoms with E-state index in [-0.39, 0.29) is 12.4 Å². The van der Waals surface area contributed by atoms with E-state index in [1.54, 1.807) is 24.3 Å². The molecule has 0 atom stereocenters. The Morgan fingerprint density at radius 1 is 1.33 bits per heavy atom. The SMILES string of the molecule is COc1ccccc1/C=C\C(=O)OCc1nccn1CC(F)(F)F. The number of methoxy groups -OCH3 is 1. The number of hydrogen-bond donors (Lipinski definition) is 0. The zero-order valence-corrected chi connectivity index (χ0v) is 12.8. The first kappa shape index (κ1) is 17.6. The van der Waals surface area contributed by atoms with Crippen LogP contribution in [0, 0.1) is 0 Å². The maximum atomic E-state index is 12.4. The Hall–Kier alpha value is -2.77. The van der Waals surface area contributed by atoms with E-state index in [9.17, 15) is 18.0 Å². The Morgan fingerprint density at radius 3 is 2.79 bits per heavy atom. The van der Waals surface area contributed by atoms with Gasteiger partial charge in [0.05, 0.1) is 7.11 Å². The number of imidazole rings is 1. The predicted molar refractivity (Wildman–Crippen MR) is 80.1 cm³/mol. The molecule has 0 unspecified atom stereocenters. The minimum atomic E-state index is -4.37. The summed E-state index contributed by atoms with van der Waals surface area (Å²) < 4.78 is 48.1. The van der Waals surface area contributed by atoms with Gasteiger partial charge in [0.1, 0.15) is 24.7 Å². The lowest BCUT2D eigenvalue weighted by Gasteiger charge is -2.10. The van der Waals surface area contributed by atoms with Crippen LogP contribution in [0.4, 0.5) is 13.2 Å². The molecule has 5 nitrogen and oxygen atoms in total. The number of aromatic nitrogens is 2. The first-order chi connectivity index (χ1) is 11.4. The van der Waals surface area contributed by atoms with Crippen molar-refractivity contribution >= 4 is 12.0 Å². The molecule has 1 heterocycles. The molecule has 1 aromatic heterocycles. The van der Waals surface area contributed by atoms with Gasteiger partial charge in [-0.1, -0.05) is 18.2 Å². The van der Waals surface area contributed by atoms with E-state index in [4.69, 9.17) is 9.47 Å². The number of rotatable bonds is 6. The van der Waals surface area contributed by atoms with E-state index < -0.39 is 18.7 Å². The van der Waals surface area contributed by atoms with Crippen molar-refractivity contribution in [3.8, 4) is 5.75 Å². The molecule has 2 aromatic rings. The van der Waals surface area contributed by atoms with Crippen LogP contribution < -0.4 is 4.74 Å². The van der Waals surface area contributed by atoms with Crippen molar-refractivity contribution < 1.29 is 27.4 Å². The number of benzene rings is 1. The van der Waals surface area contributed by atoms with Crippen LogP contribution in [0.3, 0.4) is 0 Å². The number of hydrogen-bond acceptors (Lipinski definition) is 4. The highest BCUT2D eigenvalue weighted by molar-refractivity contribution is 5.87. The van der Waals surface area contributed by atoms with Crippen LogP contribution in [-0.2, 0) is 22.7 Å². The standard InChI is InChI=1S/C16H15F3N2O3/c1-23-13-5-3-2-4-12(13)6-7-15(22)24-10-14-20-8-9-21(14)11-16(17,18)19/h2-9H,10-11H2,1H3/b7-6-. The topological polar surface area (TPSA) is 53.4 Å². The number of para-hydroxylation sites is 1. The van der Waals surface area contributed by atoms with Crippen LogP contribution in [0.25, 0.3) is 6.08 Å². The van der Waals surface area contributed by atoms with E-state index in [0.717, 1.165) is 4.57 Å². The molecule has 24 heavy (non-hydrogen) atoms. The van der Waals surface area contributed by atoms with E-state index in [1.807, 2.05) is 0 Å². The van der Waals surface area contributed by atoms with Gasteiger partial charge in [-0.2, -0.15) is 13.2 Å². The fourth-order valence-corrected chi connectivity index (χ4v) is 1.96. The highest BCUT2D eigenvalue weighted by Crippen LogP contribution is 2.19. The normalized spacial score (nSPS) is 11.7. The average Bonchev–Trinajstić information content (AvgIpc) is 2.96. The first-order valence-electron chi connectivity index (χ1n) is 6.93. The molecule has 0 spiro atoms. The number of nitrogens with zero attached hydrogens (tertiary/aromatic N) is 2. The Balaban J connectivity index is 1.94. The zero-order valence-electron chi connectivity index (χ0n) is 12.8. The number of carbonyl (C=O) groups excluding carboxylic acids is 1. The molecule has 0 fully saturated rings. The molecule has 0 aliphatic heterocycles. The molecule has 0 N–H and O–H groups in total. The summed E-state index contributed by atoms with van der Waals surface area (Å²) in [7, 11) is 1.51. The van der Waals surface area contributed by atoms with Gasteiger partial charge in [-0.3, -0.25) is 0 Å². The summed E-state index contributed by atoms with van der Waals surface area (Å²) in [5.41, 5.74) is 0.676. The van der Waals surface area contributed by atoms with Crippen molar-refractivity contribution in [1.82, 2.24) is 9.55 Å². The molecule has 0 radical (unpaired) electrons. The largest absolute Gasteiger partial charge is 0.496 e. The number of esters is 1. The quantitative estimate of drug-likeness (QED) is 0.599. The fraction of sp³-hybridized carbons (Fsp3) is 0.250. The van der Waals surface area contributed by atoms with Gasteiger partial charge in [-0.05, 0) is 12.1 Å². The Labute approximate surface area is 136 Å². The first-order valence-corrected chi connectivity index (χ1v) is 6.93. The van der Waals surface area contributed by atoms with E-state index in [2.05, 4.69) is 4.98 Å². The second-order valence-corrected chi connectivity index (χ2v) is 4.77. The van der Waals surface area contributed by atoms with Crippen molar-refractivity contribution in [2.24, 2.45) is 0 Å². The van der Waals surface area contributed by atoms with Gasteiger partial charge in [0.2, 0.25) is 0 Å². The second kappa shape index (κ2) is 7.67. The molecule has 2 rings (SSSR count). The fourth-order valence-electron chi connectivity index (χ4n) is 1.96. The van der Waals surface area contributed by atoms with Gasteiger partial charge in [0.15, 0.2) is 0 Å². The maximum absolute atomic E-state index is 12.4. The molecule has 0 aliphatic carbocycles. The van der Waals surface area contributed by atoms with Gasteiger partial charge in [0, 0.05) is 24.0 Å². The lowest BCUT2D eigenvalue weighted by atomic mass is 10.2. The van der Waals surface area contributed by atoms with Crippen molar-refractivity contribution in [2.45, 2.75) is 19.3 Å². The zero-order chi connectivity index (χ0) is 17.6. The summed E-state index contributed by atoms with van der Waals surface area (Å²) >= 11 is 0. The molecule has 0 aliphatic rings. The van der Waals surface area contributed by atoms with E-state index in [1.165, 1.54) is 31.7 Å². The Morgan fingerprint density at radius 2 is 2.08 bits per heavy atom. The monoisotopic (exact) mass is 340 g/mol. The van der Waals surface area contributed by atoms with Crippen LogP contribution in [0.1, 0.15) is 11.4 Å². The molecule has 128 valence electrons. The van der Waals surface area contributed by atoms with Crippen LogP contribution in [0.15, 0.2) is 42.7 Å². The third-order valence-electron chi connectivity index (χ3n) is 3.03. The lowest BCUT2D eigenvalue weighted by Crippen LogP contribution is -2.19. The van der Waals surface area contributed by atoms with Gasteiger partial charge in [0.25, 0.3) is 0 Å². The predicted octanol–water partition coefficient (Wildman–Crippen LogP) is 3.21. The van der Waals surface area contributed by atoms with Gasteiger partial charge >= 0.3 is 12.1 Å². The molecule has 1 aromatic carbocycles. The summed E-state index contributed by atoms with van der Waals surface area (Å²) in [4.78, 5) is 15.5. The summed E-state index contributed by atoms with van der Waals surface area (Å²) in [6, 6.07) is 7.05. The summed E-state index contributed by atoms with van der Waals surface area (Å²) in [6.07, 6.45) is 0.711. The van der Waals surface area contributed by atoms with Gasteiger partial charge in [-0.15, -0.1) is 0 Å². The minimum absolute atomic E-state index is 0.0198. The molecule has 0 amide bonds. The summed E-state index contributed by atoms with van der Waals surface area (Å²) in [5, 5.41) is 0. The van der Waals surface area contributed by atoms with Crippen LogP contribution in [0.5, 0.6) is 5.75 Å². The second-order valence-electron chi connectivity index (χ2n) is 4.77. The molecule has 8 heteroatoms. The van der Waals surface area contributed by atoms with Crippen LogP contribution in [0.2, 0.25) is 0 Å². The smallest absolute Gasteiger partial charge is 0.406 e. The highest BCUT2D eigenvalue weighted by atomic mass is 19.4. The van der Waals surface area contributed by atoms with Crippen LogP contribution in [-0.4, -0.2) is 28.8 Å². The summed E-state index contributed by atoms with van der Waals surface area (Å²) in [6.45, 7) is -1.53. The molecule has 0 saturated carbocycles. The van der Waals surface area contributed by atoms with E-state index in [0.29, 0.717) is 11.3 Å². The number of halogens is 3. The lowest BCUT2D eigenvalue weighted by molar-refractivity contribution is -0.142. The maximum Gasteiger partial charge on any atom is 0.406 e. The third kappa shape index (κ3) is 5.15.